The van der Waals surface area contributed by atoms with E-state index in [1.54, 1.807) is 6.92 Å². The number of hydrogen-bond donors (Lipinski definition) is 2. The van der Waals surface area contributed by atoms with Crippen molar-refractivity contribution in [2.24, 2.45) is 0 Å². The van der Waals surface area contributed by atoms with E-state index in [-0.39, 0.29) is 11.9 Å². The third kappa shape index (κ3) is 1.55. The third-order valence-electron chi connectivity index (χ3n) is 2.08. The molecule has 0 bridgehead atoms. The molecule has 1 aliphatic rings. The van der Waals surface area contributed by atoms with Crippen LogP contribution in [0.5, 0.6) is 0 Å². The smallest absolute Gasteiger partial charge is 0.273 e. The fourth-order valence-corrected chi connectivity index (χ4v) is 1.17. The molecule has 0 saturated carbocycles. The highest BCUT2D eigenvalue weighted by Gasteiger charge is 2.21. The Kier molecular flexibility index (Phi) is 2.02. The molecule has 0 spiro atoms. The maximum absolute atomic E-state index is 11.5. The quantitative estimate of drug-likeness (QED) is 0.656. The normalized spacial score (nSPS) is 16.7. The van der Waals surface area contributed by atoms with Gasteiger partial charge in [0.15, 0.2) is 12.1 Å². The van der Waals surface area contributed by atoms with Crippen LogP contribution < -0.4 is 10.6 Å². The Morgan fingerprint density at radius 2 is 2.54 bits per heavy atom. The number of aromatic nitrogens is 1. The summed E-state index contributed by atoms with van der Waals surface area (Å²) < 4.78 is 4.93. The first kappa shape index (κ1) is 8.25. The molecule has 5 nitrogen and oxygen atoms in total. The fraction of sp³-hybridized carbons (Fsp3) is 0.500. The van der Waals surface area contributed by atoms with Crippen molar-refractivity contribution in [3.8, 4) is 0 Å². The molecule has 2 N–H and O–H groups in total. The van der Waals surface area contributed by atoms with E-state index >= 15 is 0 Å². The topological polar surface area (TPSA) is 67.2 Å². The summed E-state index contributed by atoms with van der Waals surface area (Å²) in [6.07, 6.45) is 1.28. The van der Waals surface area contributed by atoms with E-state index in [0.717, 1.165) is 13.1 Å². The molecule has 1 saturated heterocycles. The van der Waals surface area contributed by atoms with Gasteiger partial charge in [0.25, 0.3) is 5.91 Å². The number of nitrogens with one attached hydrogen (secondary N) is 2. The van der Waals surface area contributed by atoms with Gasteiger partial charge in [-0.15, -0.1) is 0 Å². The van der Waals surface area contributed by atoms with E-state index < -0.39 is 0 Å². The van der Waals surface area contributed by atoms with E-state index in [1.165, 1.54) is 6.39 Å². The number of carbonyl (C=O) groups is 1. The first-order chi connectivity index (χ1) is 6.27. The molecule has 1 aromatic heterocycles. The lowest BCUT2D eigenvalue weighted by atomic mass is 10.2. The summed E-state index contributed by atoms with van der Waals surface area (Å²) in [5.74, 6) is 0.405. The Morgan fingerprint density at radius 3 is 3.00 bits per heavy atom. The van der Waals surface area contributed by atoms with Crippen molar-refractivity contribution >= 4 is 5.91 Å². The number of oxazole rings is 1. The van der Waals surface area contributed by atoms with Gasteiger partial charge in [0, 0.05) is 13.1 Å². The van der Waals surface area contributed by atoms with Gasteiger partial charge >= 0.3 is 0 Å². The number of amides is 1. The van der Waals surface area contributed by atoms with E-state index in [1.807, 2.05) is 0 Å². The molecule has 0 atom stereocenters. The molecular weight excluding hydrogens is 170 g/mol. The second-order valence-corrected chi connectivity index (χ2v) is 3.09. The number of nitrogens with zero attached hydrogens (tertiary/aromatic N) is 1. The highest BCUT2D eigenvalue weighted by atomic mass is 16.3. The lowest BCUT2D eigenvalue weighted by Gasteiger charge is -2.27. The second kappa shape index (κ2) is 3.18. The highest BCUT2D eigenvalue weighted by molar-refractivity contribution is 5.93. The van der Waals surface area contributed by atoms with Crippen LogP contribution >= 0.6 is 0 Å². The Morgan fingerprint density at radius 1 is 1.77 bits per heavy atom. The molecular formula is C8H11N3O2. The standard InChI is InChI=1S/C8H11N3O2/c1-5-7(10-4-13-5)8(12)11-6-2-9-3-6/h4,6,9H,2-3H2,1H3,(H,11,12). The van der Waals surface area contributed by atoms with Crippen molar-refractivity contribution in [1.29, 1.82) is 0 Å². The van der Waals surface area contributed by atoms with Gasteiger partial charge in [0.05, 0.1) is 6.04 Å². The van der Waals surface area contributed by atoms with Crippen LogP contribution in [0.15, 0.2) is 10.8 Å². The summed E-state index contributed by atoms with van der Waals surface area (Å²) >= 11 is 0. The first-order valence-corrected chi connectivity index (χ1v) is 4.19. The first-order valence-electron chi connectivity index (χ1n) is 4.19. The Hall–Kier alpha value is -1.36. The van der Waals surface area contributed by atoms with Gasteiger partial charge in [0.1, 0.15) is 5.76 Å². The van der Waals surface area contributed by atoms with E-state index in [4.69, 9.17) is 4.42 Å². The van der Waals surface area contributed by atoms with Crippen LogP contribution in [0.25, 0.3) is 0 Å². The predicted octanol–water partition coefficient (Wildman–Crippen LogP) is -0.315. The van der Waals surface area contributed by atoms with Crippen LogP contribution in [0.3, 0.4) is 0 Å². The van der Waals surface area contributed by atoms with Crippen LogP contribution in [-0.4, -0.2) is 30.0 Å². The minimum Gasteiger partial charge on any atom is -0.448 e. The minimum atomic E-state index is -0.155. The molecule has 0 radical (unpaired) electrons. The molecule has 0 aromatic carbocycles. The molecule has 70 valence electrons. The van der Waals surface area contributed by atoms with Gasteiger partial charge in [-0.2, -0.15) is 0 Å². The molecule has 1 aliphatic heterocycles. The van der Waals surface area contributed by atoms with Crippen LogP contribution in [0.2, 0.25) is 0 Å². The number of carbonyl (C=O) groups excluding carboxylic acids is 1. The van der Waals surface area contributed by atoms with Gasteiger partial charge in [-0.25, -0.2) is 4.98 Å². The average molecular weight is 181 g/mol. The molecule has 2 rings (SSSR count). The summed E-state index contributed by atoms with van der Waals surface area (Å²) in [6.45, 7) is 3.40. The Balaban J connectivity index is 2.00. The molecule has 2 heterocycles. The highest BCUT2D eigenvalue weighted by Crippen LogP contribution is 2.04. The second-order valence-electron chi connectivity index (χ2n) is 3.09. The predicted molar refractivity (Wildman–Crippen MR) is 45.4 cm³/mol. The van der Waals surface area contributed by atoms with Crippen molar-refractivity contribution in [1.82, 2.24) is 15.6 Å². The molecule has 13 heavy (non-hydrogen) atoms. The average Bonchev–Trinajstić information content (AvgIpc) is 2.43. The number of hydrogen-bond acceptors (Lipinski definition) is 4. The minimum absolute atomic E-state index is 0.155. The monoisotopic (exact) mass is 181 g/mol. The van der Waals surface area contributed by atoms with Crippen LogP contribution in [0.1, 0.15) is 16.2 Å². The van der Waals surface area contributed by atoms with Crippen molar-refractivity contribution in [3.63, 3.8) is 0 Å². The van der Waals surface area contributed by atoms with Gasteiger partial charge in [0.2, 0.25) is 0 Å². The van der Waals surface area contributed by atoms with Crippen molar-refractivity contribution in [2.75, 3.05) is 13.1 Å². The Bertz CT molecular complexity index is 317. The van der Waals surface area contributed by atoms with E-state index in [2.05, 4.69) is 15.6 Å². The number of rotatable bonds is 2. The zero-order chi connectivity index (χ0) is 9.26. The maximum atomic E-state index is 11.5. The summed E-state index contributed by atoms with van der Waals surface area (Å²) in [5, 5.41) is 5.90. The molecule has 0 aliphatic carbocycles. The molecule has 1 fully saturated rings. The van der Waals surface area contributed by atoms with E-state index in [9.17, 15) is 4.79 Å². The zero-order valence-corrected chi connectivity index (χ0v) is 7.33. The van der Waals surface area contributed by atoms with Gasteiger partial charge < -0.3 is 15.1 Å². The van der Waals surface area contributed by atoms with Crippen molar-refractivity contribution in [2.45, 2.75) is 13.0 Å². The van der Waals surface area contributed by atoms with E-state index in [0.29, 0.717) is 11.5 Å². The SMILES string of the molecule is Cc1ocnc1C(=O)NC1CNC1. The van der Waals surface area contributed by atoms with Gasteiger partial charge in [-0.3, -0.25) is 4.79 Å². The van der Waals surface area contributed by atoms with Crippen LogP contribution in [0.4, 0.5) is 0 Å². The van der Waals surface area contributed by atoms with Gasteiger partial charge in [-0.05, 0) is 6.92 Å². The Labute approximate surface area is 75.5 Å². The van der Waals surface area contributed by atoms with Crippen molar-refractivity contribution < 1.29 is 9.21 Å². The lowest BCUT2D eigenvalue weighted by Crippen LogP contribution is -2.57. The molecule has 0 unspecified atom stereocenters. The summed E-state index contributed by atoms with van der Waals surface area (Å²) in [7, 11) is 0. The maximum Gasteiger partial charge on any atom is 0.273 e. The van der Waals surface area contributed by atoms with Crippen LogP contribution in [-0.2, 0) is 0 Å². The van der Waals surface area contributed by atoms with Crippen LogP contribution in [0, 0.1) is 6.92 Å². The molecule has 1 amide bonds. The molecule has 5 heteroatoms. The summed E-state index contributed by atoms with van der Waals surface area (Å²) in [5.41, 5.74) is 0.381. The summed E-state index contributed by atoms with van der Waals surface area (Å²) in [4.78, 5) is 15.3. The zero-order valence-electron chi connectivity index (χ0n) is 7.33. The fourth-order valence-electron chi connectivity index (χ4n) is 1.17. The van der Waals surface area contributed by atoms with Gasteiger partial charge in [-0.1, -0.05) is 0 Å². The number of aryl methyl sites for hydroxylation is 1. The van der Waals surface area contributed by atoms with Crippen molar-refractivity contribution in [3.05, 3.63) is 17.8 Å². The molecule has 1 aromatic rings. The third-order valence-corrected chi connectivity index (χ3v) is 2.08. The largest absolute Gasteiger partial charge is 0.448 e. The summed E-state index contributed by atoms with van der Waals surface area (Å²) in [6, 6.07) is 0.239. The lowest BCUT2D eigenvalue weighted by molar-refractivity contribution is 0.0918.